The van der Waals surface area contributed by atoms with E-state index in [1.165, 1.54) is 33.8 Å². The summed E-state index contributed by atoms with van der Waals surface area (Å²) in [5.41, 5.74) is 5.83. The van der Waals surface area contributed by atoms with Gasteiger partial charge >= 0.3 is 0 Å². The van der Waals surface area contributed by atoms with Crippen LogP contribution in [0.4, 0.5) is 22.1 Å². The summed E-state index contributed by atoms with van der Waals surface area (Å²) >= 11 is 1.50. The monoisotopic (exact) mass is 316 g/mol. The molecule has 0 unspecified atom stereocenters. The van der Waals surface area contributed by atoms with Crippen molar-refractivity contribution in [1.29, 1.82) is 0 Å². The van der Waals surface area contributed by atoms with Gasteiger partial charge in [-0.3, -0.25) is 0 Å². The predicted molar refractivity (Wildman–Crippen MR) is 97.4 cm³/mol. The molecule has 0 atom stereocenters. The maximum atomic E-state index is 7.47. The third-order valence-corrected chi connectivity index (χ3v) is 5.40. The number of hydrogen-bond donors (Lipinski definition) is 0. The molecule has 0 aliphatic carbocycles. The van der Waals surface area contributed by atoms with E-state index in [9.17, 15) is 0 Å². The van der Waals surface area contributed by atoms with Crippen molar-refractivity contribution in [3.05, 3.63) is 82.5 Å². The van der Waals surface area contributed by atoms with Crippen LogP contribution in [0.25, 0.3) is 4.85 Å². The molecule has 2 heterocycles. The fourth-order valence-electron chi connectivity index (χ4n) is 3.48. The molecule has 0 radical (unpaired) electrons. The minimum atomic E-state index is -0.0576. The molecular formula is C20H16N2S. The van der Waals surface area contributed by atoms with Crippen LogP contribution >= 0.6 is 11.3 Å². The van der Waals surface area contributed by atoms with Crippen LogP contribution in [0.1, 0.15) is 25.0 Å². The van der Waals surface area contributed by atoms with Crippen molar-refractivity contribution in [2.45, 2.75) is 19.3 Å². The van der Waals surface area contributed by atoms with Gasteiger partial charge in [0.15, 0.2) is 0 Å². The molecule has 1 aliphatic heterocycles. The molecule has 3 heteroatoms. The third kappa shape index (κ3) is 1.92. The molecule has 0 N–H and O–H groups in total. The van der Waals surface area contributed by atoms with Gasteiger partial charge in [-0.25, -0.2) is 4.85 Å². The SMILES string of the molecule is [C-]#[N+]c1sccc1N1c2ccccc2C(C)(C)c2ccccc21. The van der Waals surface area contributed by atoms with Crippen molar-refractivity contribution in [3.8, 4) is 0 Å². The Balaban J connectivity index is 2.07. The number of thiophene rings is 1. The first kappa shape index (κ1) is 14.0. The molecule has 23 heavy (non-hydrogen) atoms. The maximum Gasteiger partial charge on any atom is 0.264 e. The van der Waals surface area contributed by atoms with Crippen LogP contribution < -0.4 is 4.90 Å². The Labute approximate surface area is 140 Å². The summed E-state index contributed by atoms with van der Waals surface area (Å²) in [5.74, 6) is 0. The summed E-state index contributed by atoms with van der Waals surface area (Å²) in [6.07, 6.45) is 0. The first-order valence-corrected chi connectivity index (χ1v) is 8.46. The molecule has 0 bridgehead atoms. The molecule has 4 rings (SSSR count). The van der Waals surface area contributed by atoms with E-state index in [0.717, 1.165) is 10.7 Å². The van der Waals surface area contributed by atoms with E-state index in [1.807, 2.05) is 11.4 Å². The molecule has 0 saturated heterocycles. The number of anilines is 3. The van der Waals surface area contributed by atoms with E-state index in [1.54, 1.807) is 0 Å². The van der Waals surface area contributed by atoms with Crippen LogP contribution in [0.3, 0.4) is 0 Å². The van der Waals surface area contributed by atoms with Gasteiger partial charge in [0, 0.05) is 16.8 Å². The van der Waals surface area contributed by atoms with Gasteiger partial charge < -0.3 is 4.90 Å². The number of nitrogens with zero attached hydrogens (tertiary/aromatic N) is 2. The Kier molecular flexibility index (Phi) is 3.04. The predicted octanol–water partition coefficient (Wildman–Crippen LogP) is 6.41. The summed E-state index contributed by atoms with van der Waals surface area (Å²) in [5, 5.41) is 2.72. The average molecular weight is 316 g/mol. The van der Waals surface area contributed by atoms with Crippen molar-refractivity contribution in [3.63, 3.8) is 0 Å². The number of benzene rings is 2. The van der Waals surface area contributed by atoms with Gasteiger partial charge in [-0.2, -0.15) is 11.3 Å². The number of rotatable bonds is 1. The van der Waals surface area contributed by atoms with Crippen LogP contribution in [-0.2, 0) is 5.41 Å². The quantitative estimate of drug-likeness (QED) is 0.471. The van der Waals surface area contributed by atoms with Gasteiger partial charge in [0.05, 0.1) is 12.3 Å². The average Bonchev–Trinajstić information content (AvgIpc) is 3.04. The Morgan fingerprint density at radius 3 is 2.00 bits per heavy atom. The highest BCUT2D eigenvalue weighted by Crippen LogP contribution is 2.53. The number of hydrogen-bond acceptors (Lipinski definition) is 2. The standard InChI is InChI=1S/C20H16N2S/c1-20(2)14-8-4-6-10-16(14)22(17-11-7-5-9-15(17)20)18-12-13-23-19(18)21-3/h4-13H,1-2H3. The van der Waals surface area contributed by atoms with Crippen LogP contribution in [0.2, 0.25) is 0 Å². The second-order valence-corrected chi connectivity index (χ2v) is 7.11. The van der Waals surface area contributed by atoms with Crippen LogP contribution in [0, 0.1) is 6.57 Å². The molecule has 3 aromatic rings. The van der Waals surface area contributed by atoms with E-state index >= 15 is 0 Å². The molecule has 0 spiro atoms. The Bertz CT molecular complexity index is 881. The normalized spacial score (nSPS) is 14.7. The molecule has 2 aromatic carbocycles. The first-order valence-electron chi connectivity index (χ1n) is 7.58. The number of fused-ring (bicyclic) bond motifs is 2. The van der Waals surface area contributed by atoms with Gasteiger partial charge in [-0.1, -0.05) is 50.2 Å². The van der Waals surface area contributed by atoms with Crippen molar-refractivity contribution in [2.75, 3.05) is 4.90 Å². The summed E-state index contributed by atoms with van der Waals surface area (Å²) in [6, 6.07) is 19.1. The zero-order valence-corrected chi connectivity index (χ0v) is 13.9. The van der Waals surface area contributed by atoms with Gasteiger partial charge in [-0.05, 0) is 34.7 Å². The van der Waals surface area contributed by atoms with Gasteiger partial charge in [0.1, 0.15) is 0 Å². The van der Waals surface area contributed by atoms with E-state index in [0.29, 0.717) is 0 Å². The lowest BCUT2D eigenvalue weighted by Crippen LogP contribution is -2.30. The van der Waals surface area contributed by atoms with Gasteiger partial charge in [-0.15, -0.1) is 0 Å². The molecular weight excluding hydrogens is 300 g/mol. The fourth-order valence-corrected chi connectivity index (χ4v) is 4.14. The molecule has 1 aliphatic rings. The third-order valence-electron chi connectivity index (χ3n) is 4.60. The van der Waals surface area contributed by atoms with Crippen LogP contribution in [0.15, 0.2) is 60.0 Å². The van der Waals surface area contributed by atoms with Crippen molar-refractivity contribution < 1.29 is 0 Å². The highest BCUT2D eigenvalue weighted by atomic mass is 32.1. The van der Waals surface area contributed by atoms with Crippen molar-refractivity contribution in [2.24, 2.45) is 0 Å². The van der Waals surface area contributed by atoms with E-state index in [-0.39, 0.29) is 5.41 Å². The second kappa shape index (κ2) is 4.97. The molecule has 1 aromatic heterocycles. The Hall–Kier alpha value is -2.57. The van der Waals surface area contributed by atoms with E-state index in [4.69, 9.17) is 6.57 Å². The van der Waals surface area contributed by atoms with Gasteiger partial charge in [0.25, 0.3) is 5.00 Å². The minimum absolute atomic E-state index is 0.0576. The molecule has 0 saturated carbocycles. The Morgan fingerprint density at radius 2 is 1.43 bits per heavy atom. The fraction of sp³-hybridized carbons (Fsp3) is 0.150. The highest BCUT2D eigenvalue weighted by molar-refractivity contribution is 7.15. The van der Waals surface area contributed by atoms with Gasteiger partial charge in [0.2, 0.25) is 0 Å². The smallest absolute Gasteiger partial charge is 0.264 e. The number of para-hydroxylation sites is 2. The van der Waals surface area contributed by atoms with Crippen molar-refractivity contribution >= 4 is 33.4 Å². The summed E-state index contributed by atoms with van der Waals surface area (Å²) in [4.78, 5) is 5.95. The van der Waals surface area contributed by atoms with E-state index in [2.05, 4.69) is 72.1 Å². The lowest BCUT2D eigenvalue weighted by Gasteiger charge is -2.41. The molecule has 2 nitrogen and oxygen atoms in total. The largest absolute Gasteiger partial charge is 0.319 e. The first-order chi connectivity index (χ1) is 11.1. The minimum Gasteiger partial charge on any atom is -0.319 e. The summed E-state index contributed by atoms with van der Waals surface area (Å²) in [7, 11) is 0. The lowest BCUT2D eigenvalue weighted by atomic mass is 9.73. The molecule has 0 fully saturated rings. The molecule has 112 valence electrons. The van der Waals surface area contributed by atoms with Crippen molar-refractivity contribution in [1.82, 2.24) is 0 Å². The lowest BCUT2D eigenvalue weighted by molar-refractivity contribution is 0.632. The summed E-state index contributed by atoms with van der Waals surface area (Å²) < 4.78 is 0. The van der Waals surface area contributed by atoms with Crippen LogP contribution in [0.5, 0.6) is 0 Å². The van der Waals surface area contributed by atoms with E-state index < -0.39 is 0 Å². The maximum absolute atomic E-state index is 7.47. The topological polar surface area (TPSA) is 7.60 Å². The molecule has 0 amide bonds. The van der Waals surface area contributed by atoms with Crippen LogP contribution in [-0.4, -0.2) is 0 Å². The zero-order valence-electron chi connectivity index (χ0n) is 13.1. The second-order valence-electron chi connectivity index (χ2n) is 6.22. The highest BCUT2D eigenvalue weighted by Gasteiger charge is 2.36. The summed E-state index contributed by atoms with van der Waals surface area (Å²) in [6.45, 7) is 12.0. The zero-order chi connectivity index (χ0) is 16.0. The Morgan fingerprint density at radius 1 is 0.870 bits per heavy atom.